The Morgan fingerprint density at radius 2 is 2.09 bits per heavy atom. The molecule has 126 valence electrons. The largest absolute Gasteiger partial charge is 0.361 e. The third kappa shape index (κ3) is 2.35. The van der Waals surface area contributed by atoms with Gasteiger partial charge in [0.1, 0.15) is 11.9 Å². The van der Waals surface area contributed by atoms with E-state index in [1.807, 2.05) is 18.9 Å². The average molecular weight is 334 g/mol. The lowest BCUT2D eigenvalue weighted by atomic mass is 9.92. The highest BCUT2D eigenvalue weighted by atomic mass is 32.2. The highest BCUT2D eigenvalue weighted by molar-refractivity contribution is 7.86. The molecule has 2 fully saturated rings. The predicted octanol–water partition coefficient (Wildman–Crippen LogP) is -0.0584. The molecule has 4 atom stereocenters. The normalized spacial score (nSPS) is 39.5. The number of ether oxygens (including phenoxy) is 3. The van der Waals surface area contributed by atoms with Crippen LogP contribution in [0.25, 0.3) is 0 Å². The maximum atomic E-state index is 11.9. The van der Waals surface area contributed by atoms with E-state index in [0.29, 0.717) is 18.9 Å². The molecule has 0 aromatic carbocycles. The Labute approximate surface area is 130 Å². The molecular weight excluding hydrogens is 312 g/mol. The van der Waals surface area contributed by atoms with Gasteiger partial charge in [-0.1, -0.05) is 0 Å². The third-order valence-electron chi connectivity index (χ3n) is 4.14. The average Bonchev–Trinajstić information content (AvgIpc) is 2.93. The van der Waals surface area contributed by atoms with Gasteiger partial charge in [-0.05, 0) is 20.8 Å². The molecule has 0 aromatic heterocycles. The molecule has 3 aliphatic rings. The van der Waals surface area contributed by atoms with Crippen molar-refractivity contribution in [2.45, 2.75) is 50.7 Å². The smallest absolute Gasteiger partial charge is 0.265 e. The van der Waals surface area contributed by atoms with E-state index in [1.54, 1.807) is 13.8 Å². The van der Waals surface area contributed by atoms with E-state index >= 15 is 0 Å². The maximum Gasteiger partial charge on any atom is 0.265 e. The summed E-state index contributed by atoms with van der Waals surface area (Å²) in [5, 5.41) is 0. The van der Waals surface area contributed by atoms with Gasteiger partial charge in [0.25, 0.3) is 10.1 Å². The maximum absolute atomic E-state index is 11.9. The first-order valence-electron chi connectivity index (χ1n) is 7.27. The predicted molar refractivity (Wildman–Crippen MR) is 78.0 cm³/mol. The lowest BCUT2D eigenvalue weighted by Crippen LogP contribution is -2.59. The first-order chi connectivity index (χ1) is 10.1. The van der Waals surface area contributed by atoms with Crippen LogP contribution >= 0.6 is 0 Å². The van der Waals surface area contributed by atoms with Crippen molar-refractivity contribution in [2.24, 2.45) is 4.99 Å². The van der Waals surface area contributed by atoms with Crippen LogP contribution < -0.4 is 0 Å². The number of fused-ring (bicyclic) bond motifs is 3. The lowest BCUT2D eigenvalue weighted by Gasteiger charge is -2.36. The number of rotatable bonds is 3. The summed E-state index contributed by atoms with van der Waals surface area (Å²) in [5.74, 6) is -0.341. The summed E-state index contributed by atoms with van der Waals surface area (Å²) in [5.41, 5.74) is -1.29. The van der Waals surface area contributed by atoms with E-state index in [4.69, 9.17) is 18.4 Å². The second-order valence-corrected chi connectivity index (χ2v) is 7.88. The Morgan fingerprint density at radius 1 is 1.41 bits per heavy atom. The van der Waals surface area contributed by atoms with Crippen molar-refractivity contribution in [3.05, 3.63) is 0 Å². The van der Waals surface area contributed by atoms with E-state index in [9.17, 15) is 8.42 Å². The standard InChI is InChI=1S/C13H22N2O6S/c1-6-15(4)11-13(21-22(5,16)17)8(7-14-11)18-10-9(13)19-12(2,3)20-10/h8-10H,6-7H2,1-5H3/t8-,9+,10-,13-/m1/s1. The number of likely N-dealkylation sites (N-methyl/N-ethyl adjacent to an activating group) is 1. The van der Waals surface area contributed by atoms with Crippen molar-refractivity contribution in [3.63, 3.8) is 0 Å². The van der Waals surface area contributed by atoms with Crippen molar-refractivity contribution in [1.82, 2.24) is 4.90 Å². The molecule has 0 aliphatic carbocycles. The Hall–Kier alpha value is -0.740. The van der Waals surface area contributed by atoms with Crippen molar-refractivity contribution in [2.75, 3.05) is 26.4 Å². The van der Waals surface area contributed by atoms with E-state index in [-0.39, 0.29) is 0 Å². The highest BCUT2D eigenvalue weighted by Crippen LogP contribution is 2.48. The van der Waals surface area contributed by atoms with Crippen LogP contribution in [0.15, 0.2) is 4.99 Å². The molecule has 0 radical (unpaired) electrons. The molecule has 2 saturated heterocycles. The molecule has 0 amide bonds. The molecule has 0 unspecified atom stereocenters. The van der Waals surface area contributed by atoms with Gasteiger partial charge in [0, 0.05) is 13.6 Å². The Balaban J connectivity index is 2.06. The summed E-state index contributed by atoms with van der Waals surface area (Å²) in [7, 11) is -1.91. The number of amidine groups is 1. The van der Waals surface area contributed by atoms with Crippen LogP contribution in [0.3, 0.4) is 0 Å². The van der Waals surface area contributed by atoms with E-state index in [2.05, 4.69) is 4.99 Å². The molecule has 8 nitrogen and oxygen atoms in total. The monoisotopic (exact) mass is 334 g/mol. The van der Waals surface area contributed by atoms with Gasteiger partial charge in [-0.25, -0.2) is 4.18 Å². The molecule has 22 heavy (non-hydrogen) atoms. The lowest BCUT2D eigenvalue weighted by molar-refractivity contribution is -0.215. The zero-order chi connectivity index (χ0) is 16.3. The highest BCUT2D eigenvalue weighted by Gasteiger charge is 2.70. The quantitative estimate of drug-likeness (QED) is 0.668. The van der Waals surface area contributed by atoms with Crippen molar-refractivity contribution >= 4 is 16.0 Å². The molecule has 0 aromatic rings. The topological polar surface area (TPSA) is 86.7 Å². The minimum absolute atomic E-state index is 0.315. The van der Waals surface area contributed by atoms with Crippen LogP contribution in [-0.2, 0) is 28.5 Å². The van der Waals surface area contributed by atoms with Crippen LogP contribution in [0.1, 0.15) is 20.8 Å². The van der Waals surface area contributed by atoms with Gasteiger partial charge in [-0.3, -0.25) is 4.99 Å². The molecular formula is C13H22N2O6S. The fraction of sp³-hybridized carbons (Fsp3) is 0.923. The van der Waals surface area contributed by atoms with Gasteiger partial charge < -0.3 is 19.1 Å². The van der Waals surface area contributed by atoms with Crippen LogP contribution in [0.4, 0.5) is 0 Å². The molecule has 0 bridgehead atoms. The zero-order valence-electron chi connectivity index (χ0n) is 13.4. The molecule has 3 heterocycles. The summed E-state index contributed by atoms with van der Waals surface area (Å²) < 4.78 is 46.8. The SMILES string of the molecule is CCN(C)C1=NC[C@H]2O[C@@H]3OC(C)(C)O[C@@H]3[C@@]12OS(C)(=O)=O. The van der Waals surface area contributed by atoms with Crippen LogP contribution in [0, 0.1) is 0 Å². The summed E-state index contributed by atoms with van der Waals surface area (Å²) >= 11 is 0. The second-order valence-electron chi connectivity index (χ2n) is 6.31. The summed E-state index contributed by atoms with van der Waals surface area (Å²) in [6.45, 7) is 6.44. The summed E-state index contributed by atoms with van der Waals surface area (Å²) in [4.78, 5) is 6.30. The van der Waals surface area contributed by atoms with Gasteiger partial charge in [-0.2, -0.15) is 8.42 Å². The van der Waals surface area contributed by atoms with Gasteiger partial charge in [-0.15, -0.1) is 0 Å². The van der Waals surface area contributed by atoms with Crippen LogP contribution in [0.2, 0.25) is 0 Å². The van der Waals surface area contributed by atoms with Crippen LogP contribution in [-0.4, -0.2) is 75.4 Å². The molecule has 0 saturated carbocycles. The van der Waals surface area contributed by atoms with E-state index in [1.165, 1.54) is 0 Å². The van der Waals surface area contributed by atoms with Gasteiger partial charge in [0.05, 0.1) is 12.8 Å². The Kier molecular flexibility index (Phi) is 3.57. The number of aliphatic imine (C=N–C) groups is 1. The fourth-order valence-corrected chi connectivity index (χ4v) is 4.04. The molecule has 0 N–H and O–H groups in total. The van der Waals surface area contributed by atoms with Crippen molar-refractivity contribution in [1.29, 1.82) is 0 Å². The fourth-order valence-electron chi connectivity index (χ4n) is 3.27. The second kappa shape index (κ2) is 4.88. The molecule has 0 spiro atoms. The molecule has 9 heteroatoms. The summed E-state index contributed by atoms with van der Waals surface area (Å²) in [6, 6.07) is 0. The number of hydrogen-bond acceptors (Lipinski definition) is 8. The van der Waals surface area contributed by atoms with Gasteiger partial charge in [0.2, 0.25) is 5.60 Å². The van der Waals surface area contributed by atoms with Gasteiger partial charge in [0.15, 0.2) is 18.2 Å². The zero-order valence-corrected chi connectivity index (χ0v) is 14.2. The van der Waals surface area contributed by atoms with E-state index in [0.717, 1.165) is 6.26 Å². The minimum atomic E-state index is -3.74. The minimum Gasteiger partial charge on any atom is -0.361 e. The third-order valence-corrected chi connectivity index (χ3v) is 4.72. The Bertz CT molecular complexity index is 604. The molecule has 3 rings (SSSR count). The first-order valence-corrected chi connectivity index (χ1v) is 9.08. The van der Waals surface area contributed by atoms with Crippen LogP contribution in [0.5, 0.6) is 0 Å². The van der Waals surface area contributed by atoms with E-state index < -0.39 is 40.0 Å². The van der Waals surface area contributed by atoms with Crippen molar-refractivity contribution < 1.29 is 26.8 Å². The summed E-state index contributed by atoms with van der Waals surface area (Å²) in [6.07, 6.45) is -0.873. The number of hydrogen-bond donors (Lipinski definition) is 0. The number of nitrogens with zero attached hydrogens (tertiary/aromatic N) is 2. The molecule has 3 aliphatic heterocycles. The van der Waals surface area contributed by atoms with Gasteiger partial charge >= 0.3 is 0 Å². The first kappa shape index (κ1) is 16.1. The Morgan fingerprint density at radius 3 is 2.68 bits per heavy atom. The van der Waals surface area contributed by atoms with Crippen molar-refractivity contribution in [3.8, 4) is 0 Å².